The van der Waals surface area contributed by atoms with Gasteiger partial charge in [-0.3, -0.25) is 9.59 Å². The molecule has 4 aromatic rings. The molecule has 1 saturated heterocycles. The molecule has 1 N–H and O–H groups in total. The SMILES string of the molecule is C=CC(=O)Cc1cc(-c2c(-c3ccc(N4CCN(C)CC4)cc3)[nH]c3ncc(CC(=O)C(C)C)cc23)ccc1C. The number of rotatable bonds is 9. The van der Waals surface area contributed by atoms with Gasteiger partial charge in [0.25, 0.3) is 0 Å². The van der Waals surface area contributed by atoms with Crippen molar-refractivity contribution >= 4 is 28.3 Å². The van der Waals surface area contributed by atoms with Crippen LogP contribution in [-0.4, -0.2) is 59.7 Å². The van der Waals surface area contributed by atoms with Gasteiger partial charge in [-0.2, -0.15) is 0 Å². The Balaban J connectivity index is 1.61. The van der Waals surface area contributed by atoms with Crippen LogP contribution in [0.5, 0.6) is 0 Å². The van der Waals surface area contributed by atoms with E-state index >= 15 is 0 Å². The number of hydrogen-bond donors (Lipinski definition) is 1. The first kappa shape index (κ1) is 27.5. The summed E-state index contributed by atoms with van der Waals surface area (Å²) in [6.07, 6.45) is 3.85. The molecule has 1 fully saturated rings. The van der Waals surface area contributed by atoms with Gasteiger partial charge >= 0.3 is 0 Å². The van der Waals surface area contributed by atoms with Crippen molar-refractivity contribution in [1.29, 1.82) is 0 Å². The lowest BCUT2D eigenvalue weighted by Gasteiger charge is -2.34. The molecule has 0 unspecified atom stereocenters. The minimum absolute atomic E-state index is 0.00459. The van der Waals surface area contributed by atoms with Crippen LogP contribution in [0.2, 0.25) is 0 Å². The summed E-state index contributed by atoms with van der Waals surface area (Å²) in [5, 5.41) is 0.969. The number of carbonyl (C=O) groups is 2. The van der Waals surface area contributed by atoms with Gasteiger partial charge in [0, 0.05) is 67.8 Å². The lowest BCUT2D eigenvalue weighted by Crippen LogP contribution is -2.44. The summed E-state index contributed by atoms with van der Waals surface area (Å²) >= 11 is 0. The molecule has 0 bridgehead atoms. The molecule has 0 aliphatic carbocycles. The van der Waals surface area contributed by atoms with Crippen molar-refractivity contribution in [3.05, 3.63) is 84.1 Å². The molecule has 0 amide bonds. The van der Waals surface area contributed by atoms with E-state index in [9.17, 15) is 9.59 Å². The standard InChI is InChI=1S/C34H38N4O2/c1-6-29(39)20-27-19-26(8-7-23(27)4)32-30-17-24(18-31(40)22(2)3)21-35-34(30)36-33(32)25-9-11-28(12-10-25)38-15-13-37(5)14-16-38/h6-12,17,19,21-22H,1,13-16,18,20H2,2-5H3,(H,35,36). The molecule has 0 radical (unpaired) electrons. The third-order valence-corrected chi connectivity index (χ3v) is 7.98. The molecule has 0 saturated carbocycles. The van der Waals surface area contributed by atoms with Gasteiger partial charge in [0.2, 0.25) is 0 Å². The summed E-state index contributed by atoms with van der Waals surface area (Å²) in [6, 6.07) is 17.1. The molecule has 6 nitrogen and oxygen atoms in total. The van der Waals surface area contributed by atoms with Crippen LogP contribution in [0.1, 0.15) is 30.5 Å². The fourth-order valence-corrected chi connectivity index (χ4v) is 5.31. The number of ketones is 2. The number of allylic oxidation sites excluding steroid dienone is 1. The summed E-state index contributed by atoms with van der Waals surface area (Å²) in [6.45, 7) is 13.7. The van der Waals surface area contributed by atoms with E-state index in [2.05, 4.69) is 76.9 Å². The number of aryl methyl sites for hydroxylation is 1. The van der Waals surface area contributed by atoms with Gasteiger partial charge in [-0.05, 0) is 66.1 Å². The summed E-state index contributed by atoms with van der Waals surface area (Å²) in [4.78, 5) is 37.9. The Morgan fingerprint density at radius 2 is 1.70 bits per heavy atom. The summed E-state index contributed by atoms with van der Waals surface area (Å²) in [5.74, 6) is 0.159. The Morgan fingerprint density at radius 3 is 2.38 bits per heavy atom. The number of benzene rings is 2. The predicted molar refractivity (Wildman–Crippen MR) is 164 cm³/mol. The van der Waals surface area contributed by atoms with Crippen LogP contribution >= 0.6 is 0 Å². The number of H-pyrrole nitrogens is 1. The molecule has 2 aromatic heterocycles. The molecule has 0 spiro atoms. The number of piperazine rings is 1. The lowest BCUT2D eigenvalue weighted by atomic mass is 9.93. The van der Waals surface area contributed by atoms with Crippen LogP contribution in [0.4, 0.5) is 5.69 Å². The fraction of sp³-hybridized carbons (Fsp3) is 0.324. The number of nitrogens with one attached hydrogen (secondary N) is 1. The molecule has 40 heavy (non-hydrogen) atoms. The number of fused-ring (bicyclic) bond motifs is 1. The highest BCUT2D eigenvalue weighted by Crippen LogP contribution is 2.39. The fourth-order valence-electron chi connectivity index (χ4n) is 5.31. The second-order valence-corrected chi connectivity index (χ2v) is 11.2. The minimum Gasteiger partial charge on any atom is -0.369 e. The average molecular weight is 535 g/mol. The second kappa shape index (κ2) is 11.6. The quantitative estimate of drug-likeness (QED) is 0.266. The Kier molecular flexibility index (Phi) is 7.99. The van der Waals surface area contributed by atoms with Crippen LogP contribution in [-0.2, 0) is 22.4 Å². The van der Waals surface area contributed by atoms with Crippen LogP contribution < -0.4 is 4.90 Å². The largest absolute Gasteiger partial charge is 0.369 e. The van der Waals surface area contributed by atoms with Crippen molar-refractivity contribution in [2.24, 2.45) is 5.92 Å². The van der Waals surface area contributed by atoms with Gasteiger partial charge in [0.1, 0.15) is 11.4 Å². The lowest BCUT2D eigenvalue weighted by molar-refractivity contribution is -0.121. The highest BCUT2D eigenvalue weighted by atomic mass is 16.1. The molecule has 5 rings (SSSR count). The van der Waals surface area contributed by atoms with Crippen LogP contribution in [0.3, 0.4) is 0 Å². The Labute approximate surface area is 236 Å². The van der Waals surface area contributed by atoms with Gasteiger partial charge in [-0.25, -0.2) is 4.98 Å². The molecule has 2 aromatic carbocycles. The number of aromatic amines is 1. The van der Waals surface area contributed by atoms with Gasteiger partial charge < -0.3 is 14.8 Å². The zero-order valence-corrected chi connectivity index (χ0v) is 24.0. The smallest absolute Gasteiger partial charge is 0.159 e. The van der Waals surface area contributed by atoms with Crippen molar-refractivity contribution in [2.45, 2.75) is 33.6 Å². The second-order valence-electron chi connectivity index (χ2n) is 11.2. The van der Waals surface area contributed by atoms with E-state index in [4.69, 9.17) is 4.98 Å². The number of aromatic nitrogens is 2. The van der Waals surface area contributed by atoms with Gasteiger partial charge in [0.15, 0.2) is 5.78 Å². The predicted octanol–water partition coefficient (Wildman–Crippen LogP) is 6.02. The van der Waals surface area contributed by atoms with E-state index < -0.39 is 0 Å². The first-order chi connectivity index (χ1) is 19.2. The Bertz CT molecular complexity index is 1560. The highest BCUT2D eigenvalue weighted by Gasteiger charge is 2.20. The van der Waals surface area contributed by atoms with Gasteiger partial charge in [-0.15, -0.1) is 0 Å². The van der Waals surface area contributed by atoms with Crippen molar-refractivity contribution in [3.8, 4) is 22.4 Å². The van der Waals surface area contributed by atoms with Crippen LogP contribution in [0, 0.1) is 12.8 Å². The van der Waals surface area contributed by atoms with E-state index in [0.29, 0.717) is 12.8 Å². The zero-order valence-electron chi connectivity index (χ0n) is 24.0. The highest BCUT2D eigenvalue weighted by molar-refractivity contribution is 6.03. The third-order valence-electron chi connectivity index (χ3n) is 7.98. The molecule has 206 valence electrons. The molecule has 1 aliphatic heterocycles. The number of likely N-dealkylation sites (N-methyl/N-ethyl adjacent to an activating group) is 1. The van der Waals surface area contributed by atoms with Gasteiger partial charge in [0.05, 0.1) is 5.69 Å². The number of hydrogen-bond acceptors (Lipinski definition) is 5. The monoisotopic (exact) mass is 534 g/mol. The number of carbonyl (C=O) groups excluding carboxylic acids is 2. The zero-order chi connectivity index (χ0) is 28.4. The van der Waals surface area contributed by atoms with E-state index in [1.807, 2.05) is 20.8 Å². The summed E-state index contributed by atoms with van der Waals surface area (Å²) < 4.78 is 0. The minimum atomic E-state index is -0.0298. The summed E-state index contributed by atoms with van der Waals surface area (Å²) in [7, 11) is 2.17. The third kappa shape index (κ3) is 5.77. The Hall–Kier alpha value is -4.03. The normalized spacial score (nSPS) is 14.2. The number of Topliss-reactive ketones (excluding diaryl/α,β-unsaturated/α-hetero) is 1. The molecule has 1 aliphatic rings. The van der Waals surface area contributed by atoms with Crippen LogP contribution in [0.25, 0.3) is 33.4 Å². The topological polar surface area (TPSA) is 69.3 Å². The molecule has 0 atom stereocenters. The van der Waals surface area contributed by atoms with Crippen molar-refractivity contribution < 1.29 is 9.59 Å². The summed E-state index contributed by atoms with van der Waals surface area (Å²) in [5.41, 5.74) is 9.03. The number of pyridine rings is 1. The first-order valence-electron chi connectivity index (χ1n) is 14.1. The van der Waals surface area contributed by atoms with E-state index in [1.54, 1.807) is 6.20 Å². The molecule has 6 heteroatoms. The van der Waals surface area contributed by atoms with E-state index in [1.165, 1.54) is 11.8 Å². The maximum Gasteiger partial charge on any atom is 0.159 e. The maximum absolute atomic E-state index is 12.5. The van der Waals surface area contributed by atoms with Crippen molar-refractivity contribution in [2.75, 3.05) is 38.1 Å². The molecule has 3 heterocycles. The van der Waals surface area contributed by atoms with Crippen molar-refractivity contribution in [1.82, 2.24) is 14.9 Å². The van der Waals surface area contributed by atoms with Crippen molar-refractivity contribution in [3.63, 3.8) is 0 Å². The average Bonchev–Trinajstić information content (AvgIpc) is 3.33. The first-order valence-corrected chi connectivity index (χ1v) is 14.1. The van der Waals surface area contributed by atoms with Gasteiger partial charge in [-0.1, -0.05) is 50.8 Å². The molecular weight excluding hydrogens is 496 g/mol. The van der Waals surface area contributed by atoms with E-state index in [0.717, 1.165) is 76.3 Å². The van der Waals surface area contributed by atoms with E-state index in [-0.39, 0.29) is 17.5 Å². The number of anilines is 1. The van der Waals surface area contributed by atoms with Crippen LogP contribution in [0.15, 0.2) is 67.4 Å². The maximum atomic E-state index is 12.5. The number of nitrogens with zero attached hydrogens (tertiary/aromatic N) is 3. The Morgan fingerprint density at radius 1 is 1.00 bits per heavy atom. The molecular formula is C34H38N4O2.